The number of carbonyl (C=O) groups excluding carboxylic acids is 1. The molecule has 0 radical (unpaired) electrons. The van der Waals surface area contributed by atoms with E-state index in [2.05, 4.69) is 22.4 Å². The van der Waals surface area contributed by atoms with Crippen LogP contribution in [0.5, 0.6) is 5.75 Å². The molecule has 3 rings (SSSR count). The van der Waals surface area contributed by atoms with E-state index in [-0.39, 0.29) is 24.1 Å². The number of hydrogen-bond donors (Lipinski definition) is 1. The normalized spacial score (nSPS) is 10.7. The number of nitrogens with one attached hydrogen (secondary N) is 1. The summed E-state index contributed by atoms with van der Waals surface area (Å²) in [5.41, 5.74) is 2.00. The Bertz CT molecular complexity index is 926. The second-order valence-corrected chi connectivity index (χ2v) is 7.03. The number of hydrogen-bond acceptors (Lipinski definition) is 5. The van der Waals surface area contributed by atoms with Crippen LogP contribution in [0.2, 0.25) is 0 Å². The Morgan fingerprint density at radius 1 is 1.14 bits per heavy atom. The molecule has 1 heterocycles. The number of rotatable bonds is 8. The van der Waals surface area contributed by atoms with Crippen LogP contribution in [0, 0.1) is 5.82 Å². The average molecular weight is 400 g/mol. The molecule has 0 aliphatic heterocycles. The highest BCUT2D eigenvalue weighted by molar-refractivity contribution is 7.99. The first-order valence-corrected chi connectivity index (χ1v) is 9.82. The molecule has 6 nitrogen and oxygen atoms in total. The summed E-state index contributed by atoms with van der Waals surface area (Å²) >= 11 is 1.30. The van der Waals surface area contributed by atoms with E-state index in [1.54, 1.807) is 16.7 Å². The van der Waals surface area contributed by atoms with Gasteiger partial charge in [0.25, 0.3) is 0 Å². The van der Waals surface area contributed by atoms with Crippen LogP contribution in [0.3, 0.4) is 0 Å². The molecule has 3 aromatic rings. The zero-order valence-electron chi connectivity index (χ0n) is 15.7. The van der Waals surface area contributed by atoms with Crippen molar-refractivity contribution < 1.29 is 13.9 Å². The first-order valence-electron chi connectivity index (χ1n) is 8.83. The van der Waals surface area contributed by atoms with Gasteiger partial charge in [0.1, 0.15) is 18.2 Å². The van der Waals surface area contributed by atoms with E-state index in [0.29, 0.717) is 16.7 Å². The summed E-state index contributed by atoms with van der Waals surface area (Å²) < 4.78 is 20.3. The molecular weight excluding hydrogens is 379 g/mol. The van der Waals surface area contributed by atoms with Gasteiger partial charge in [-0.15, -0.1) is 10.2 Å². The maximum atomic E-state index is 12.9. The minimum Gasteiger partial charge on any atom is -0.486 e. The minimum atomic E-state index is -0.315. The summed E-state index contributed by atoms with van der Waals surface area (Å²) in [6.45, 7) is 2.29. The molecule has 8 heteroatoms. The van der Waals surface area contributed by atoms with Crippen LogP contribution in [0.25, 0.3) is 0 Å². The molecule has 0 aliphatic rings. The zero-order valence-corrected chi connectivity index (χ0v) is 16.5. The van der Waals surface area contributed by atoms with Crippen molar-refractivity contribution in [3.63, 3.8) is 0 Å². The topological polar surface area (TPSA) is 69.0 Å². The van der Waals surface area contributed by atoms with Gasteiger partial charge in [-0.05, 0) is 48.4 Å². The van der Waals surface area contributed by atoms with Gasteiger partial charge in [-0.1, -0.05) is 30.8 Å². The molecule has 146 valence electrons. The molecule has 28 heavy (non-hydrogen) atoms. The molecule has 1 N–H and O–H groups in total. The Kier molecular flexibility index (Phi) is 6.65. The maximum absolute atomic E-state index is 12.9. The van der Waals surface area contributed by atoms with Gasteiger partial charge in [-0.3, -0.25) is 4.79 Å². The van der Waals surface area contributed by atoms with Crippen LogP contribution >= 0.6 is 11.8 Å². The minimum absolute atomic E-state index is 0.110. The van der Waals surface area contributed by atoms with E-state index in [4.69, 9.17) is 4.74 Å². The van der Waals surface area contributed by atoms with E-state index in [1.807, 2.05) is 31.3 Å². The van der Waals surface area contributed by atoms with E-state index in [1.165, 1.54) is 29.5 Å². The van der Waals surface area contributed by atoms with Crippen molar-refractivity contribution in [1.82, 2.24) is 14.8 Å². The van der Waals surface area contributed by atoms with Gasteiger partial charge in [0.2, 0.25) is 5.91 Å². The third-order valence-electron chi connectivity index (χ3n) is 4.08. The predicted octanol–water partition coefficient (Wildman–Crippen LogP) is 3.83. The van der Waals surface area contributed by atoms with Crippen LogP contribution in [0.4, 0.5) is 10.1 Å². The Labute approximate surface area is 167 Å². The van der Waals surface area contributed by atoms with Gasteiger partial charge in [0.15, 0.2) is 11.0 Å². The molecular formula is C20H21FN4O2S. The number of thioether (sulfide) groups is 1. The van der Waals surface area contributed by atoms with Gasteiger partial charge in [0.05, 0.1) is 5.75 Å². The summed E-state index contributed by atoms with van der Waals surface area (Å²) in [5.74, 6) is 0.959. The Morgan fingerprint density at radius 2 is 1.86 bits per heavy atom. The molecule has 0 unspecified atom stereocenters. The van der Waals surface area contributed by atoms with Crippen molar-refractivity contribution >= 4 is 23.4 Å². The number of ether oxygens (including phenoxy) is 1. The third-order valence-corrected chi connectivity index (χ3v) is 5.11. The quantitative estimate of drug-likeness (QED) is 0.582. The molecule has 0 fully saturated rings. The molecule has 1 aromatic heterocycles. The van der Waals surface area contributed by atoms with Crippen molar-refractivity contribution in [2.45, 2.75) is 25.1 Å². The molecule has 0 aliphatic carbocycles. The number of nitrogens with zero attached hydrogens (tertiary/aromatic N) is 3. The highest BCUT2D eigenvalue weighted by atomic mass is 32.2. The van der Waals surface area contributed by atoms with Gasteiger partial charge in [0, 0.05) is 12.7 Å². The Morgan fingerprint density at radius 3 is 2.54 bits per heavy atom. The standard InChI is InChI=1S/C20H21FN4O2S/c1-3-14-4-8-16(9-5-14)22-19(26)13-28-20-24-23-18(25(20)2)12-27-17-10-6-15(21)7-11-17/h4-11H,3,12-13H2,1-2H3,(H,22,26). The van der Waals surface area contributed by atoms with Crippen molar-refractivity contribution in [3.05, 3.63) is 65.7 Å². The fraction of sp³-hybridized carbons (Fsp3) is 0.250. The van der Waals surface area contributed by atoms with Crippen LogP contribution in [-0.2, 0) is 24.9 Å². The fourth-order valence-corrected chi connectivity index (χ4v) is 3.16. The van der Waals surface area contributed by atoms with Crippen molar-refractivity contribution in [1.29, 1.82) is 0 Å². The highest BCUT2D eigenvalue weighted by Crippen LogP contribution is 2.18. The third kappa shape index (κ3) is 5.32. The van der Waals surface area contributed by atoms with Gasteiger partial charge in [-0.2, -0.15) is 0 Å². The van der Waals surface area contributed by atoms with E-state index >= 15 is 0 Å². The maximum Gasteiger partial charge on any atom is 0.234 e. The smallest absolute Gasteiger partial charge is 0.234 e. The van der Waals surface area contributed by atoms with Crippen LogP contribution in [0.1, 0.15) is 18.3 Å². The van der Waals surface area contributed by atoms with Crippen molar-refractivity contribution in [2.75, 3.05) is 11.1 Å². The van der Waals surface area contributed by atoms with Crippen molar-refractivity contribution in [2.24, 2.45) is 7.05 Å². The summed E-state index contributed by atoms with van der Waals surface area (Å²) in [6, 6.07) is 13.6. The Balaban J connectivity index is 1.50. The number of halogens is 1. The lowest BCUT2D eigenvalue weighted by molar-refractivity contribution is -0.113. The number of benzene rings is 2. The summed E-state index contributed by atoms with van der Waals surface area (Å²) in [7, 11) is 1.81. The van der Waals surface area contributed by atoms with E-state index in [0.717, 1.165) is 12.1 Å². The van der Waals surface area contributed by atoms with Gasteiger partial charge < -0.3 is 14.6 Å². The number of aryl methyl sites for hydroxylation is 1. The molecule has 2 aromatic carbocycles. The van der Waals surface area contributed by atoms with E-state index in [9.17, 15) is 9.18 Å². The summed E-state index contributed by atoms with van der Waals surface area (Å²) in [6.07, 6.45) is 0.962. The van der Waals surface area contributed by atoms with Gasteiger partial charge in [-0.25, -0.2) is 4.39 Å². The zero-order chi connectivity index (χ0) is 19.9. The number of amides is 1. The molecule has 0 atom stereocenters. The lowest BCUT2D eigenvalue weighted by Gasteiger charge is -2.07. The van der Waals surface area contributed by atoms with Crippen LogP contribution in [-0.4, -0.2) is 26.4 Å². The SMILES string of the molecule is CCc1ccc(NC(=O)CSc2nnc(COc3ccc(F)cc3)n2C)cc1. The molecule has 1 amide bonds. The highest BCUT2D eigenvalue weighted by Gasteiger charge is 2.12. The monoisotopic (exact) mass is 400 g/mol. The lowest BCUT2D eigenvalue weighted by Crippen LogP contribution is -2.14. The number of aromatic nitrogens is 3. The average Bonchev–Trinajstić information content (AvgIpc) is 3.06. The second kappa shape index (κ2) is 9.36. The first-order chi connectivity index (χ1) is 13.5. The molecule has 0 saturated carbocycles. The number of anilines is 1. The lowest BCUT2D eigenvalue weighted by atomic mass is 10.1. The molecule has 0 saturated heterocycles. The largest absolute Gasteiger partial charge is 0.486 e. The predicted molar refractivity (Wildman–Crippen MR) is 107 cm³/mol. The molecule has 0 bridgehead atoms. The molecule has 0 spiro atoms. The second-order valence-electron chi connectivity index (χ2n) is 6.09. The van der Waals surface area contributed by atoms with E-state index < -0.39 is 0 Å². The summed E-state index contributed by atoms with van der Waals surface area (Å²) in [5, 5.41) is 11.7. The number of carbonyl (C=O) groups is 1. The first kappa shape index (κ1) is 19.9. The van der Waals surface area contributed by atoms with Crippen LogP contribution < -0.4 is 10.1 Å². The fourth-order valence-electron chi connectivity index (χ4n) is 2.43. The van der Waals surface area contributed by atoms with Crippen molar-refractivity contribution in [3.8, 4) is 5.75 Å². The summed E-state index contributed by atoms with van der Waals surface area (Å²) in [4.78, 5) is 12.2. The van der Waals surface area contributed by atoms with Gasteiger partial charge >= 0.3 is 0 Å². The Hall–Kier alpha value is -2.87. The van der Waals surface area contributed by atoms with Crippen LogP contribution in [0.15, 0.2) is 53.7 Å².